The number of aryl methyl sites for hydroxylation is 1. The molecule has 1 fully saturated rings. The van der Waals surface area contributed by atoms with Gasteiger partial charge in [0.15, 0.2) is 0 Å². The summed E-state index contributed by atoms with van der Waals surface area (Å²) in [7, 11) is 2.15. The average molecular weight is 320 g/mol. The van der Waals surface area contributed by atoms with E-state index in [0.717, 1.165) is 35.0 Å². The van der Waals surface area contributed by atoms with Gasteiger partial charge in [-0.25, -0.2) is 4.98 Å². The third kappa shape index (κ3) is 3.38. The first-order valence-corrected chi connectivity index (χ1v) is 9.08. The van der Waals surface area contributed by atoms with Gasteiger partial charge in [-0.2, -0.15) is 9.61 Å². The molecule has 0 N–H and O–H groups in total. The van der Waals surface area contributed by atoms with Crippen LogP contribution in [-0.4, -0.2) is 32.6 Å². The van der Waals surface area contributed by atoms with Crippen molar-refractivity contribution in [2.24, 2.45) is 0 Å². The lowest BCUT2D eigenvalue weighted by Gasteiger charge is -2.30. The summed E-state index contributed by atoms with van der Waals surface area (Å²) in [6, 6.07) is 2.27. The van der Waals surface area contributed by atoms with Gasteiger partial charge >= 0.3 is 0 Å². The van der Waals surface area contributed by atoms with Crippen molar-refractivity contribution in [1.82, 2.24) is 19.5 Å². The van der Waals surface area contributed by atoms with Crippen LogP contribution in [0.15, 0.2) is 10.9 Å². The van der Waals surface area contributed by atoms with Crippen LogP contribution in [0, 0.1) is 0 Å². The van der Waals surface area contributed by atoms with E-state index in [1.165, 1.54) is 48.0 Å². The third-order valence-electron chi connectivity index (χ3n) is 4.41. The average Bonchev–Trinajstić information content (AvgIpc) is 2.92. The maximum Gasteiger partial charge on any atom is 0.275 e. The summed E-state index contributed by atoms with van der Waals surface area (Å²) in [5.41, 5.74) is 0.806. The van der Waals surface area contributed by atoms with E-state index in [1.807, 2.05) is 0 Å². The van der Waals surface area contributed by atoms with Gasteiger partial charge in [-0.05, 0) is 26.3 Å². The van der Waals surface area contributed by atoms with Crippen molar-refractivity contribution in [2.75, 3.05) is 7.05 Å². The lowest BCUT2D eigenvalue weighted by molar-refractivity contribution is 0.183. The highest BCUT2D eigenvalue weighted by Gasteiger charge is 2.19. The van der Waals surface area contributed by atoms with Crippen molar-refractivity contribution in [1.29, 1.82) is 0 Å². The first-order valence-electron chi connectivity index (χ1n) is 8.26. The zero-order valence-corrected chi connectivity index (χ0v) is 14.2. The first kappa shape index (κ1) is 15.6. The van der Waals surface area contributed by atoms with Crippen molar-refractivity contribution in [2.45, 2.75) is 64.5 Å². The van der Waals surface area contributed by atoms with Crippen LogP contribution in [0.25, 0.3) is 4.96 Å². The molecule has 0 aromatic carbocycles. The fraction of sp³-hybridized carbons (Fsp3) is 0.688. The van der Waals surface area contributed by atoms with Gasteiger partial charge in [0.1, 0.15) is 5.01 Å². The molecule has 3 rings (SSSR count). The summed E-state index contributed by atoms with van der Waals surface area (Å²) in [5.74, 6) is 0. The summed E-state index contributed by atoms with van der Waals surface area (Å²) < 4.78 is 1.44. The second kappa shape index (κ2) is 6.87. The highest BCUT2D eigenvalue weighted by molar-refractivity contribution is 7.16. The van der Waals surface area contributed by atoms with Crippen molar-refractivity contribution in [3.8, 4) is 0 Å². The quantitative estimate of drug-likeness (QED) is 0.850. The molecular weight excluding hydrogens is 296 g/mol. The summed E-state index contributed by atoms with van der Waals surface area (Å²) in [5, 5.41) is 5.35. The zero-order chi connectivity index (χ0) is 15.5. The van der Waals surface area contributed by atoms with Crippen molar-refractivity contribution in [3.63, 3.8) is 0 Å². The Bertz CT molecular complexity index is 687. The minimum absolute atomic E-state index is 0.0596. The zero-order valence-electron chi connectivity index (χ0n) is 13.4. The summed E-state index contributed by atoms with van der Waals surface area (Å²) in [6.07, 6.45) is 8.46. The Morgan fingerprint density at radius 1 is 1.36 bits per heavy atom. The predicted molar refractivity (Wildman–Crippen MR) is 89.5 cm³/mol. The van der Waals surface area contributed by atoms with Crippen LogP contribution in [0.4, 0.5) is 0 Å². The van der Waals surface area contributed by atoms with Crippen LogP contribution < -0.4 is 5.56 Å². The standard InChI is InChI=1S/C16H24N4OS/c1-3-7-14-18-20-15(21)10-12(17-16(20)22-14)11-19(2)13-8-5-4-6-9-13/h10,13H,3-9,11H2,1-2H3. The van der Waals surface area contributed by atoms with E-state index in [2.05, 4.69) is 29.0 Å². The van der Waals surface area contributed by atoms with Gasteiger partial charge < -0.3 is 0 Å². The van der Waals surface area contributed by atoms with E-state index in [1.54, 1.807) is 6.07 Å². The fourth-order valence-corrected chi connectivity index (χ4v) is 4.22. The second-order valence-electron chi connectivity index (χ2n) is 6.23. The van der Waals surface area contributed by atoms with Crippen LogP contribution in [0.3, 0.4) is 0 Å². The number of hydrogen-bond donors (Lipinski definition) is 0. The SMILES string of the molecule is CCCc1nn2c(=O)cc(CN(C)C3CCCCC3)nc2s1. The number of aromatic nitrogens is 3. The molecule has 2 aromatic heterocycles. The number of hydrogen-bond acceptors (Lipinski definition) is 5. The number of rotatable bonds is 5. The Morgan fingerprint density at radius 2 is 2.14 bits per heavy atom. The Morgan fingerprint density at radius 3 is 2.86 bits per heavy atom. The maximum absolute atomic E-state index is 12.2. The molecule has 5 nitrogen and oxygen atoms in total. The van der Waals surface area contributed by atoms with Gasteiger partial charge in [0.05, 0.1) is 5.69 Å². The van der Waals surface area contributed by atoms with Crippen LogP contribution in [-0.2, 0) is 13.0 Å². The van der Waals surface area contributed by atoms with Crippen LogP contribution in [0.5, 0.6) is 0 Å². The fourth-order valence-electron chi connectivity index (χ4n) is 3.20. The number of fused-ring (bicyclic) bond motifs is 1. The second-order valence-corrected chi connectivity index (χ2v) is 7.27. The minimum Gasteiger partial charge on any atom is -0.298 e. The molecule has 0 radical (unpaired) electrons. The molecule has 0 amide bonds. The highest BCUT2D eigenvalue weighted by Crippen LogP contribution is 2.22. The van der Waals surface area contributed by atoms with E-state index in [4.69, 9.17) is 0 Å². The molecule has 0 unspecified atom stereocenters. The molecule has 1 aliphatic carbocycles. The van der Waals surface area contributed by atoms with Gasteiger partial charge in [0.25, 0.3) is 5.56 Å². The van der Waals surface area contributed by atoms with E-state index in [9.17, 15) is 4.79 Å². The number of nitrogens with zero attached hydrogens (tertiary/aromatic N) is 4. The highest BCUT2D eigenvalue weighted by atomic mass is 32.1. The molecule has 0 spiro atoms. The van der Waals surface area contributed by atoms with Crippen LogP contribution >= 0.6 is 11.3 Å². The normalized spacial score (nSPS) is 16.7. The maximum atomic E-state index is 12.2. The smallest absolute Gasteiger partial charge is 0.275 e. The van der Waals surface area contributed by atoms with Gasteiger partial charge in [-0.1, -0.05) is 37.5 Å². The van der Waals surface area contributed by atoms with Crippen molar-refractivity contribution in [3.05, 3.63) is 27.1 Å². The Balaban J connectivity index is 1.80. The molecule has 6 heteroatoms. The van der Waals surface area contributed by atoms with Crippen molar-refractivity contribution < 1.29 is 0 Å². The molecule has 120 valence electrons. The van der Waals surface area contributed by atoms with Crippen LogP contribution in [0.1, 0.15) is 56.2 Å². The molecule has 22 heavy (non-hydrogen) atoms. The van der Waals surface area contributed by atoms with E-state index in [-0.39, 0.29) is 5.56 Å². The predicted octanol–water partition coefficient (Wildman–Crippen LogP) is 2.87. The molecule has 2 heterocycles. The minimum atomic E-state index is -0.0596. The molecule has 0 aliphatic heterocycles. The summed E-state index contributed by atoms with van der Waals surface area (Å²) in [4.78, 5) is 20.0. The Hall–Kier alpha value is -1.27. The van der Waals surface area contributed by atoms with E-state index in [0.29, 0.717) is 6.04 Å². The lowest BCUT2D eigenvalue weighted by Crippen LogP contribution is -2.33. The molecular formula is C16H24N4OS. The summed E-state index contributed by atoms with van der Waals surface area (Å²) in [6.45, 7) is 2.87. The molecule has 1 aliphatic rings. The van der Waals surface area contributed by atoms with Gasteiger partial charge in [-0.3, -0.25) is 9.69 Å². The van der Waals surface area contributed by atoms with Crippen molar-refractivity contribution >= 4 is 16.3 Å². The molecule has 0 bridgehead atoms. The van der Waals surface area contributed by atoms with E-state index >= 15 is 0 Å². The molecule has 0 saturated heterocycles. The molecule has 2 aromatic rings. The molecule has 0 atom stereocenters. The first-order chi connectivity index (χ1) is 10.7. The monoisotopic (exact) mass is 320 g/mol. The van der Waals surface area contributed by atoms with Gasteiger partial charge in [0.2, 0.25) is 4.96 Å². The Kier molecular flexibility index (Phi) is 4.88. The van der Waals surface area contributed by atoms with Gasteiger partial charge in [0, 0.05) is 25.1 Å². The summed E-state index contributed by atoms with van der Waals surface area (Å²) >= 11 is 1.54. The van der Waals surface area contributed by atoms with Crippen LogP contribution in [0.2, 0.25) is 0 Å². The topological polar surface area (TPSA) is 50.5 Å². The van der Waals surface area contributed by atoms with E-state index < -0.39 is 0 Å². The third-order valence-corrected chi connectivity index (χ3v) is 5.38. The Labute approximate surface area is 135 Å². The lowest BCUT2D eigenvalue weighted by atomic mass is 9.94. The molecule has 1 saturated carbocycles. The largest absolute Gasteiger partial charge is 0.298 e. The van der Waals surface area contributed by atoms with Gasteiger partial charge in [-0.15, -0.1) is 0 Å².